The number of fused-ring (bicyclic) bond motifs is 1. The van der Waals surface area contributed by atoms with Crippen molar-refractivity contribution in [2.45, 2.75) is 32.0 Å². The van der Waals surface area contributed by atoms with Crippen LogP contribution in [0.4, 0.5) is 13.2 Å². The SMILES string of the molecule is Cc1c(Cl)nc2ccc(Br)cc2c1C(=O)NCC(CCC(=O)O)c1ccccc1OC(F)(F)F. The highest BCUT2D eigenvalue weighted by molar-refractivity contribution is 9.10. The second kappa shape index (κ2) is 10.6. The van der Waals surface area contributed by atoms with Crippen molar-refractivity contribution in [1.29, 1.82) is 0 Å². The maximum absolute atomic E-state index is 13.2. The van der Waals surface area contributed by atoms with Crippen LogP contribution in [0.2, 0.25) is 5.15 Å². The standard InChI is InChI=1S/C23H19BrClF3N2O4/c1-12-20(16-10-14(24)7-8-17(16)30-21(12)25)22(33)29-11-13(6-9-19(31)32)15-4-2-3-5-18(15)34-23(26,27)28/h2-5,7-8,10,13H,6,9,11H2,1H3,(H,29,33)(H,31,32). The highest BCUT2D eigenvalue weighted by Crippen LogP contribution is 2.34. The average Bonchev–Trinajstić information content (AvgIpc) is 2.74. The average molecular weight is 560 g/mol. The van der Waals surface area contributed by atoms with Crippen LogP contribution in [0.25, 0.3) is 10.9 Å². The van der Waals surface area contributed by atoms with Gasteiger partial charge in [0.1, 0.15) is 10.9 Å². The molecule has 0 fully saturated rings. The Labute approximate surface area is 206 Å². The lowest BCUT2D eigenvalue weighted by Crippen LogP contribution is -2.30. The summed E-state index contributed by atoms with van der Waals surface area (Å²) in [6.45, 7) is 1.51. The quantitative estimate of drug-likeness (QED) is 0.319. The molecule has 1 atom stereocenters. The molecule has 0 saturated heterocycles. The largest absolute Gasteiger partial charge is 0.573 e. The molecule has 1 unspecified atom stereocenters. The van der Waals surface area contributed by atoms with Crippen LogP contribution < -0.4 is 10.1 Å². The summed E-state index contributed by atoms with van der Waals surface area (Å²) in [5, 5.41) is 12.5. The van der Waals surface area contributed by atoms with Gasteiger partial charge in [0.25, 0.3) is 5.91 Å². The van der Waals surface area contributed by atoms with Gasteiger partial charge in [-0.3, -0.25) is 9.59 Å². The summed E-state index contributed by atoms with van der Waals surface area (Å²) < 4.78 is 43.5. The number of ether oxygens (including phenoxy) is 1. The summed E-state index contributed by atoms with van der Waals surface area (Å²) in [7, 11) is 0. The first-order chi connectivity index (χ1) is 16.0. The Balaban J connectivity index is 1.93. The molecule has 0 saturated carbocycles. The Morgan fingerprint density at radius 1 is 1.24 bits per heavy atom. The van der Waals surface area contributed by atoms with Gasteiger partial charge in [-0.2, -0.15) is 0 Å². The molecule has 11 heteroatoms. The van der Waals surface area contributed by atoms with Gasteiger partial charge in [-0.25, -0.2) is 4.98 Å². The normalized spacial score (nSPS) is 12.4. The molecule has 3 aromatic rings. The van der Waals surface area contributed by atoms with Gasteiger partial charge in [0.15, 0.2) is 0 Å². The van der Waals surface area contributed by atoms with Gasteiger partial charge < -0.3 is 15.2 Å². The van der Waals surface area contributed by atoms with Crippen LogP contribution in [0.1, 0.15) is 40.2 Å². The van der Waals surface area contributed by atoms with E-state index in [0.29, 0.717) is 16.5 Å². The summed E-state index contributed by atoms with van der Waals surface area (Å²) in [6, 6.07) is 10.6. The third-order valence-corrected chi connectivity index (χ3v) is 6.02. The molecule has 0 aliphatic heterocycles. The van der Waals surface area contributed by atoms with E-state index >= 15 is 0 Å². The van der Waals surface area contributed by atoms with Crippen LogP contribution in [0.15, 0.2) is 46.9 Å². The number of halogens is 5. The number of carbonyl (C=O) groups is 2. The van der Waals surface area contributed by atoms with Crippen LogP contribution >= 0.6 is 27.5 Å². The Kier molecular flexibility index (Phi) is 8.04. The second-order valence-corrected chi connectivity index (χ2v) is 8.76. The number of para-hydroxylation sites is 1. The molecule has 2 aromatic carbocycles. The molecule has 1 aromatic heterocycles. The Bertz CT molecular complexity index is 1240. The Morgan fingerprint density at radius 2 is 1.94 bits per heavy atom. The summed E-state index contributed by atoms with van der Waals surface area (Å²) in [6.07, 6.45) is -5.25. The lowest BCUT2D eigenvalue weighted by molar-refractivity contribution is -0.275. The van der Waals surface area contributed by atoms with E-state index in [2.05, 4.69) is 31.0 Å². The number of alkyl halides is 3. The summed E-state index contributed by atoms with van der Waals surface area (Å²) in [4.78, 5) is 28.6. The molecule has 0 spiro atoms. The van der Waals surface area contributed by atoms with Crippen LogP contribution in [0.3, 0.4) is 0 Å². The first-order valence-corrected chi connectivity index (χ1v) is 11.2. The molecular formula is C23H19BrClF3N2O4. The minimum absolute atomic E-state index is 0.0176. The number of carboxylic acid groups (broad SMARTS) is 1. The summed E-state index contributed by atoms with van der Waals surface area (Å²) in [5.74, 6) is -2.83. The third kappa shape index (κ3) is 6.38. The van der Waals surface area contributed by atoms with E-state index in [1.54, 1.807) is 25.1 Å². The fraction of sp³-hybridized carbons (Fsp3) is 0.261. The maximum atomic E-state index is 13.2. The van der Waals surface area contributed by atoms with Crippen molar-refractivity contribution >= 4 is 50.3 Å². The molecule has 1 amide bonds. The summed E-state index contributed by atoms with van der Waals surface area (Å²) in [5.41, 5.74) is 1.34. The fourth-order valence-electron chi connectivity index (χ4n) is 3.60. The zero-order valence-electron chi connectivity index (χ0n) is 17.7. The molecule has 1 heterocycles. The molecule has 0 radical (unpaired) electrons. The topological polar surface area (TPSA) is 88.5 Å². The van der Waals surface area contributed by atoms with Crippen LogP contribution in [0.5, 0.6) is 5.75 Å². The van der Waals surface area contributed by atoms with Crippen molar-refractivity contribution in [2.75, 3.05) is 6.54 Å². The van der Waals surface area contributed by atoms with Crippen molar-refractivity contribution in [3.8, 4) is 5.75 Å². The molecule has 0 aliphatic rings. The van der Waals surface area contributed by atoms with E-state index in [0.717, 1.165) is 10.5 Å². The van der Waals surface area contributed by atoms with Gasteiger partial charge in [0.05, 0.1) is 11.1 Å². The Morgan fingerprint density at radius 3 is 2.62 bits per heavy atom. The van der Waals surface area contributed by atoms with E-state index in [1.807, 2.05) is 0 Å². The molecule has 2 N–H and O–H groups in total. The molecule has 34 heavy (non-hydrogen) atoms. The highest BCUT2D eigenvalue weighted by Gasteiger charge is 2.33. The van der Waals surface area contributed by atoms with E-state index in [-0.39, 0.29) is 35.7 Å². The second-order valence-electron chi connectivity index (χ2n) is 7.49. The van der Waals surface area contributed by atoms with Crippen LogP contribution in [-0.4, -0.2) is 34.9 Å². The van der Waals surface area contributed by atoms with Gasteiger partial charge in [-0.1, -0.05) is 45.7 Å². The lowest BCUT2D eigenvalue weighted by atomic mass is 9.93. The number of nitrogens with zero attached hydrogens (tertiary/aromatic N) is 1. The van der Waals surface area contributed by atoms with Gasteiger partial charge in [-0.05, 0) is 48.7 Å². The molecule has 0 bridgehead atoms. The number of hydrogen-bond donors (Lipinski definition) is 2. The first-order valence-electron chi connectivity index (χ1n) is 10.1. The van der Waals surface area contributed by atoms with Gasteiger partial charge in [0, 0.05) is 28.7 Å². The molecular weight excluding hydrogens is 541 g/mol. The van der Waals surface area contributed by atoms with E-state index in [9.17, 15) is 22.8 Å². The summed E-state index contributed by atoms with van der Waals surface area (Å²) >= 11 is 9.57. The van der Waals surface area contributed by atoms with E-state index in [1.165, 1.54) is 18.2 Å². The molecule has 180 valence electrons. The first kappa shape index (κ1) is 25.8. The minimum Gasteiger partial charge on any atom is -0.481 e. The van der Waals surface area contributed by atoms with Crippen molar-refractivity contribution in [3.63, 3.8) is 0 Å². The number of pyridine rings is 1. The van der Waals surface area contributed by atoms with Crippen molar-refractivity contribution in [2.24, 2.45) is 0 Å². The number of hydrogen-bond acceptors (Lipinski definition) is 4. The smallest absolute Gasteiger partial charge is 0.481 e. The number of aromatic nitrogens is 1. The number of carboxylic acids is 1. The number of benzene rings is 2. The van der Waals surface area contributed by atoms with Gasteiger partial charge in [-0.15, -0.1) is 13.2 Å². The third-order valence-electron chi connectivity index (χ3n) is 5.16. The molecule has 6 nitrogen and oxygen atoms in total. The molecule has 0 aliphatic carbocycles. The number of rotatable bonds is 8. The van der Waals surface area contributed by atoms with E-state index < -0.39 is 29.9 Å². The number of aliphatic carboxylic acids is 1. The Hall–Kier alpha value is -2.85. The zero-order valence-corrected chi connectivity index (χ0v) is 20.1. The predicted octanol–water partition coefficient (Wildman–Crippen LogP) is 6.24. The van der Waals surface area contributed by atoms with E-state index in [4.69, 9.17) is 16.7 Å². The monoisotopic (exact) mass is 558 g/mol. The number of carbonyl (C=O) groups excluding carboxylic acids is 1. The lowest BCUT2D eigenvalue weighted by Gasteiger charge is -2.22. The van der Waals surface area contributed by atoms with Crippen molar-refractivity contribution in [3.05, 3.63) is 68.8 Å². The number of amides is 1. The highest BCUT2D eigenvalue weighted by atomic mass is 79.9. The number of nitrogens with one attached hydrogen (secondary N) is 1. The molecule has 3 rings (SSSR count). The minimum atomic E-state index is -4.92. The van der Waals surface area contributed by atoms with Gasteiger partial charge >= 0.3 is 12.3 Å². The van der Waals surface area contributed by atoms with Crippen LogP contribution in [-0.2, 0) is 4.79 Å². The fourth-order valence-corrected chi connectivity index (χ4v) is 4.14. The van der Waals surface area contributed by atoms with Gasteiger partial charge in [0.2, 0.25) is 0 Å². The predicted molar refractivity (Wildman–Crippen MR) is 124 cm³/mol. The van der Waals surface area contributed by atoms with Crippen molar-refractivity contribution in [1.82, 2.24) is 10.3 Å². The van der Waals surface area contributed by atoms with Crippen molar-refractivity contribution < 1.29 is 32.6 Å². The zero-order chi connectivity index (χ0) is 25.0. The maximum Gasteiger partial charge on any atom is 0.573 e. The van der Waals surface area contributed by atoms with Crippen LogP contribution in [0, 0.1) is 6.92 Å².